The molecule has 1 aliphatic heterocycles. The lowest BCUT2D eigenvalue weighted by molar-refractivity contribution is -0.149. The Morgan fingerprint density at radius 2 is 1.79 bits per heavy atom. The molecule has 1 aliphatic rings. The smallest absolute Gasteiger partial charge is 0.309 e. The van der Waals surface area contributed by atoms with Crippen LogP contribution in [0.3, 0.4) is 0 Å². The SMILES string of the molecule is CCOC(=O)C1CCN(C(c2ccc(C)cc2)c2c(C)[nH]c3ccccc23)CC1. The highest BCUT2D eigenvalue weighted by Crippen LogP contribution is 2.38. The van der Waals surface area contributed by atoms with Gasteiger partial charge >= 0.3 is 5.97 Å². The molecule has 0 radical (unpaired) electrons. The van der Waals surface area contributed by atoms with Gasteiger partial charge < -0.3 is 9.72 Å². The van der Waals surface area contributed by atoms with Crippen molar-refractivity contribution in [3.8, 4) is 0 Å². The number of rotatable bonds is 5. The van der Waals surface area contributed by atoms with Gasteiger partial charge in [-0.15, -0.1) is 0 Å². The average molecular weight is 391 g/mol. The molecule has 0 saturated carbocycles. The summed E-state index contributed by atoms with van der Waals surface area (Å²) < 4.78 is 5.26. The molecule has 1 unspecified atom stereocenters. The summed E-state index contributed by atoms with van der Waals surface area (Å²) in [5.74, 6) is -0.0174. The number of benzene rings is 2. The fourth-order valence-electron chi connectivity index (χ4n) is 4.61. The largest absolute Gasteiger partial charge is 0.466 e. The Hall–Kier alpha value is -2.59. The van der Waals surface area contributed by atoms with E-state index in [0.29, 0.717) is 6.61 Å². The van der Waals surface area contributed by atoms with Gasteiger partial charge in [0.25, 0.3) is 0 Å². The third-order valence-electron chi connectivity index (χ3n) is 6.12. The number of aromatic nitrogens is 1. The Labute approximate surface area is 172 Å². The standard InChI is InChI=1S/C25H30N2O2/c1-4-29-25(28)20-13-15-27(16-14-20)24(19-11-9-17(2)10-12-19)23-18(3)26-22-8-6-5-7-21(22)23/h5-12,20,24,26H,4,13-16H2,1-3H3. The molecular weight excluding hydrogens is 360 g/mol. The topological polar surface area (TPSA) is 45.3 Å². The summed E-state index contributed by atoms with van der Waals surface area (Å²) in [5.41, 5.74) is 6.31. The van der Waals surface area contributed by atoms with Crippen LogP contribution in [0.5, 0.6) is 0 Å². The van der Waals surface area contributed by atoms with Crippen molar-refractivity contribution >= 4 is 16.9 Å². The molecule has 0 aliphatic carbocycles. The molecule has 4 heteroatoms. The number of esters is 1. The molecule has 3 aromatic rings. The van der Waals surface area contributed by atoms with E-state index in [4.69, 9.17) is 4.74 Å². The van der Waals surface area contributed by atoms with Gasteiger partial charge in [-0.05, 0) is 58.3 Å². The zero-order chi connectivity index (χ0) is 20.4. The van der Waals surface area contributed by atoms with Crippen molar-refractivity contribution in [3.05, 3.63) is 70.9 Å². The molecule has 2 aromatic carbocycles. The Morgan fingerprint density at radius 1 is 1.10 bits per heavy atom. The number of nitrogens with one attached hydrogen (secondary N) is 1. The first-order chi connectivity index (χ1) is 14.1. The quantitative estimate of drug-likeness (QED) is 0.613. The van der Waals surface area contributed by atoms with E-state index >= 15 is 0 Å². The second kappa shape index (κ2) is 8.42. The molecule has 1 N–H and O–H groups in total. The number of para-hydroxylation sites is 1. The minimum atomic E-state index is -0.0395. The lowest BCUT2D eigenvalue weighted by atomic mass is 9.90. The van der Waals surface area contributed by atoms with Crippen LogP contribution >= 0.6 is 0 Å². The van der Waals surface area contributed by atoms with Crippen LogP contribution in [0.1, 0.15) is 48.2 Å². The highest BCUT2D eigenvalue weighted by atomic mass is 16.5. The van der Waals surface area contributed by atoms with E-state index in [2.05, 4.69) is 72.3 Å². The molecular formula is C25H30N2O2. The van der Waals surface area contributed by atoms with Crippen LogP contribution in [-0.4, -0.2) is 35.5 Å². The number of aromatic amines is 1. The zero-order valence-electron chi connectivity index (χ0n) is 17.6. The molecule has 4 rings (SSSR count). The Balaban J connectivity index is 1.70. The number of piperidine rings is 1. The second-order valence-electron chi connectivity index (χ2n) is 8.08. The molecule has 0 spiro atoms. The van der Waals surface area contributed by atoms with Crippen molar-refractivity contribution < 1.29 is 9.53 Å². The number of fused-ring (bicyclic) bond motifs is 1. The first-order valence-electron chi connectivity index (χ1n) is 10.6. The van der Waals surface area contributed by atoms with E-state index < -0.39 is 0 Å². The zero-order valence-corrected chi connectivity index (χ0v) is 17.6. The number of aryl methyl sites for hydroxylation is 2. The van der Waals surface area contributed by atoms with Crippen LogP contribution in [0.4, 0.5) is 0 Å². The fraction of sp³-hybridized carbons (Fsp3) is 0.400. The van der Waals surface area contributed by atoms with Crippen molar-refractivity contribution in [1.29, 1.82) is 0 Å². The first kappa shape index (κ1) is 19.7. The molecule has 2 heterocycles. The van der Waals surface area contributed by atoms with E-state index in [1.807, 2.05) is 6.92 Å². The van der Waals surface area contributed by atoms with Gasteiger partial charge in [0.1, 0.15) is 0 Å². The number of H-pyrrole nitrogens is 1. The number of hydrogen-bond donors (Lipinski definition) is 1. The van der Waals surface area contributed by atoms with Crippen LogP contribution < -0.4 is 0 Å². The summed E-state index contributed by atoms with van der Waals surface area (Å²) in [6.07, 6.45) is 1.70. The summed E-state index contributed by atoms with van der Waals surface area (Å²) in [6, 6.07) is 17.6. The molecule has 1 saturated heterocycles. The van der Waals surface area contributed by atoms with Gasteiger partial charge in [0.05, 0.1) is 18.6 Å². The summed E-state index contributed by atoms with van der Waals surface area (Å²) in [6.45, 7) is 8.41. The Morgan fingerprint density at radius 3 is 2.48 bits per heavy atom. The summed E-state index contributed by atoms with van der Waals surface area (Å²) in [7, 11) is 0. The molecule has 1 atom stereocenters. The van der Waals surface area contributed by atoms with Crippen molar-refractivity contribution in [3.63, 3.8) is 0 Å². The second-order valence-corrected chi connectivity index (χ2v) is 8.08. The van der Waals surface area contributed by atoms with Gasteiger partial charge in [-0.1, -0.05) is 48.0 Å². The van der Waals surface area contributed by atoms with Crippen LogP contribution in [-0.2, 0) is 9.53 Å². The van der Waals surface area contributed by atoms with Gasteiger partial charge in [-0.2, -0.15) is 0 Å². The van der Waals surface area contributed by atoms with E-state index in [-0.39, 0.29) is 17.9 Å². The van der Waals surface area contributed by atoms with E-state index in [1.54, 1.807) is 0 Å². The fourth-order valence-corrected chi connectivity index (χ4v) is 4.61. The molecule has 152 valence electrons. The molecule has 29 heavy (non-hydrogen) atoms. The minimum Gasteiger partial charge on any atom is -0.466 e. The van der Waals surface area contributed by atoms with Crippen LogP contribution in [0.15, 0.2) is 48.5 Å². The lowest BCUT2D eigenvalue weighted by Gasteiger charge is -2.37. The van der Waals surface area contributed by atoms with Crippen molar-refractivity contribution in [2.45, 2.75) is 39.7 Å². The van der Waals surface area contributed by atoms with Crippen LogP contribution in [0.25, 0.3) is 10.9 Å². The van der Waals surface area contributed by atoms with Crippen molar-refractivity contribution in [2.24, 2.45) is 5.92 Å². The van der Waals surface area contributed by atoms with Crippen LogP contribution in [0.2, 0.25) is 0 Å². The number of carbonyl (C=O) groups excluding carboxylic acids is 1. The van der Waals surface area contributed by atoms with Gasteiger partial charge in [0, 0.05) is 22.2 Å². The predicted octanol–water partition coefficient (Wildman–Crippen LogP) is 5.15. The maximum Gasteiger partial charge on any atom is 0.309 e. The number of nitrogens with zero attached hydrogens (tertiary/aromatic N) is 1. The molecule has 1 aromatic heterocycles. The highest BCUT2D eigenvalue weighted by molar-refractivity contribution is 5.85. The summed E-state index contributed by atoms with van der Waals surface area (Å²) in [4.78, 5) is 18.3. The van der Waals surface area contributed by atoms with Crippen LogP contribution in [0, 0.1) is 19.8 Å². The van der Waals surface area contributed by atoms with Crippen molar-refractivity contribution in [2.75, 3.05) is 19.7 Å². The maximum atomic E-state index is 12.2. The van der Waals surface area contributed by atoms with Crippen molar-refractivity contribution in [1.82, 2.24) is 9.88 Å². The Kier molecular flexibility index (Phi) is 5.72. The number of hydrogen-bond acceptors (Lipinski definition) is 3. The molecule has 1 fully saturated rings. The van der Waals surface area contributed by atoms with E-state index in [0.717, 1.165) is 25.9 Å². The van der Waals surface area contributed by atoms with E-state index in [9.17, 15) is 4.79 Å². The minimum absolute atomic E-state index is 0.0222. The molecule has 0 amide bonds. The first-order valence-corrected chi connectivity index (χ1v) is 10.6. The van der Waals surface area contributed by atoms with Gasteiger partial charge in [-0.25, -0.2) is 0 Å². The monoisotopic (exact) mass is 390 g/mol. The third-order valence-corrected chi connectivity index (χ3v) is 6.12. The number of carbonyl (C=O) groups is 1. The highest BCUT2D eigenvalue weighted by Gasteiger charge is 2.32. The lowest BCUT2D eigenvalue weighted by Crippen LogP contribution is -2.39. The number of likely N-dealkylation sites (tertiary alicyclic amines) is 1. The third kappa shape index (κ3) is 3.95. The average Bonchev–Trinajstić information content (AvgIpc) is 3.06. The summed E-state index contributed by atoms with van der Waals surface area (Å²) in [5, 5.41) is 1.28. The molecule has 0 bridgehead atoms. The van der Waals surface area contributed by atoms with Gasteiger partial charge in [0.2, 0.25) is 0 Å². The maximum absolute atomic E-state index is 12.2. The molecule has 4 nitrogen and oxygen atoms in total. The number of ether oxygens (including phenoxy) is 1. The Bertz CT molecular complexity index is 982. The van der Waals surface area contributed by atoms with Gasteiger partial charge in [-0.3, -0.25) is 9.69 Å². The van der Waals surface area contributed by atoms with E-state index in [1.165, 1.54) is 33.3 Å². The normalized spacial score (nSPS) is 16.8. The predicted molar refractivity (Wildman–Crippen MR) is 117 cm³/mol. The summed E-state index contributed by atoms with van der Waals surface area (Å²) >= 11 is 0. The van der Waals surface area contributed by atoms with Gasteiger partial charge in [0.15, 0.2) is 0 Å².